The number of primary amides is 1. The van der Waals surface area contributed by atoms with Gasteiger partial charge in [0, 0.05) is 34.9 Å². The van der Waals surface area contributed by atoms with Crippen LogP contribution in [0.3, 0.4) is 0 Å². The number of aryl methyl sites for hydroxylation is 1. The fourth-order valence-electron chi connectivity index (χ4n) is 2.00. The molecule has 0 unspecified atom stereocenters. The van der Waals surface area contributed by atoms with E-state index in [9.17, 15) is 9.59 Å². The molecular formula is C17H18ClN2O2S+. The summed E-state index contributed by atoms with van der Waals surface area (Å²) >= 11 is 7.13. The van der Waals surface area contributed by atoms with Crippen molar-refractivity contribution in [2.24, 2.45) is 5.73 Å². The number of halogens is 1. The second-order valence-electron chi connectivity index (χ2n) is 5.04. The highest BCUT2D eigenvalue weighted by Gasteiger charge is 2.07. The predicted octanol–water partition coefficient (Wildman–Crippen LogP) is 3.08. The Bertz CT molecular complexity index is 672. The number of aromatic nitrogens is 1. The standard InChI is InChI=1S/C17H17ClN2O2S/c18-15-5-3-14(4-6-15)17(22)23-12-2-1-9-20-10-7-13(8-11-20)16(19)21/h3-8,10-11H,1-2,9,12H2,(H-,19,21)/p+1. The number of hydrogen-bond acceptors (Lipinski definition) is 3. The summed E-state index contributed by atoms with van der Waals surface area (Å²) in [6.07, 6.45) is 5.58. The Balaban J connectivity index is 1.68. The highest BCUT2D eigenvalue weighted by Crippen LogP contribution is 2.16. The molecule has 4 nitrogen and oxygen atoms in total. The van der Waals surface area contributed by atoms with Crippen molar-refractivity contribution in [3.8, 4) is 0 Å². The van der Waals surface area contributed by atoms with Crippen molar-refractivity contribution < 1.29 is 14.2 Å². The number of thioether (sulfide) groups is 1. The van der Waals surface area contributed by atoms with Crippen molar-refractivity contribution in [1.82, 2.24) is 0 Å². The summed E-state index contributed by atoms with van der Waals surface area (Å²) in [5, 5.41) is 0.700. The molecule has 0 atom stereocenters. The number of nitrogens with zero attached hydrogens (tertiary/aromatic N) is 1. The van der Waals surface area contributed by atoms with Gasteiger partial charge in [-0.25, -0.2) is 4.57 Å². The zero-order valence-corrected chi connectivity index (χ0v) is 14.1. The minimum absolute atomic E-state index is 0.0696. The number of rotatable bonds is 7. The summed E-state index contributed by atoms with van der Waals surface area (Å²) in [4.78, 5) is 22.9. The number of carbonyl (C=O) groups excluding carboxylic acids is 2. The highest BCUT2D eigenvalue weighted by atomic mass is 35.5. The van der Waals surface area contributed by atoms with Gasteiger partial charge in [-0.05, 0) is 30.7 Å². The van der Waals surface area contributed by atoms with Crippen LogP contribution in [0.25, 0.3) is 0 Å². The number of hydrogen-bond donors (Lipinski definition) is 1. The minimum atomic E-state index is -0.422. The summed E-state index contributed by atoms with van der Waals surface area (Å²) in [5.74, 6) is 0.357. The Labute approximate surface area is 144 Å². The Morgan fingerprint density at radius 1 is 1.00 bits per heavy atom. The molecule has 2 aromatic rings. The summed E-state index contributed by atoms with van der Waals surface area (Å²) in [6, 6.07) is 10.4. The van der Waals surface area contributed by atoms with Crippen molar-refractivity contribution in [2.45, 2.75) is 19.4 Å². The third-order valence-electron chi connectivity index (χ3n) is 3.30. The van der Waals surface area contributed by atoms with Gasteiger partial charge >= 0.3 is 0 Å². The van der Waals surface area contributed by atoms with Gasteiger partial charge in [-0.3, -0.25) is 9.59 Å². The Morgan fingerprint density at radius 3 is 2.26 bits per heavy atom. The molecule has 1 aromatic carbocycles. The van der Waals surface area contributed by atoms with Crippen LogP contribution in [0.15, 0.2) is 48.8 Å². The largest absolute Gasteiger partial charge is 0.366 e. The van der Waals surface area contributed by atoms with Crippen molar-refractivity contribution in [3.63, 3.8) is 0 Å². The van der Waals surface area contributed by atoms with E-state index in [2.05, 4.69) is 0 Å². The van der Waals surface area contributed by atoms with E-state index in [1.54, 1.807) is 36.4 Å². The quantitative estimate of drug-likeness (QED) is 0.617. The maximum absolute atomic E-state index is 12.0. The van der Waals surface area contributed by atoms with Gasteiger partial charge in [-0.15, -0.1) is 0 Å². The van der Waals surface area contributed by atoms with Crippen LogP contribution in [0.2, 0.25) is 5.02 Å². The van der Waals surface area contributed by atoms with Crippen LogP contribution in [0, 0.1) is 0 Å². The van der Waals surface area contributed by atoms with Crippen LogP contribution in [0.5, 0.6) is 0 Å². The lowest BCUT2D eigenvalue weighted by Gasteiger charge is -2.01. The zero-order valence-electron chi connectivity index (χ0n) is 12.6. The first kappa shape index (κ1) is 17.5. The Kier molecular flexibility index (Phi) is 6.62. The average molecular weight is 350 g/mol. The van der Waals surface area contributed by atoms with Crippen LogP contribution in [-0.4, -0.2) is 16.8 Å². The van der Waals surface area contributed by atoms with E-state index in [1.807, 2.05) is 17.0 Å². The fraction of sp³-hybridized carbons (Fsp3) is 0.235. The minimum Gasteiger partial charge on any atom is -0.366 e. The molecular weight excluding hydrogens is 332 g/mol. The summed E-state index contributed by atoms with van der Waals surface area (Å²) in [6.45, 7) is 0.842. The molecule has 0 saturated carbocycles. The summed E-state index contributed by atoms with van der Waals surface area (Å²) in [7, 11) is 0. The molecule has 1 amide bonds. The lowest BCUT2D eigenvalue weighted by molar-refractivity contribution is -0.697. The number of pyridine rings is 1. The Hall–Kier alpha value is -1.85. The molecule has 0 aliphatic heterocycles. The van der Waals surface area contributed by atoms with Gasteiger partial charge in [0.2, 0.25) is 11.0 Å². The summed E-state index contributed by atoms with van der Waals surface area (Å²) < 4.78 is 2.00. The van der Waals surface area contributed by atoms with Crippen molar-refractivity contribution in [2.75, 3.05) is 5.75 Å². The van der Waals surface area contributed by atoms with Crippen LogP contribution >= 0.6 is 23.4 Å². The van der Waals surface area contributed by atoms with Gasteiger partial charge in [0.15, 0.2) is 12.4 Å². The van der Waals surface area contributed by atoms with Gasteiger partial charge in [0.05, 0.1) is 5.56 Å². The zero-order chi connectivity index (χ0) is 16.7. The number of nitrogens with two attached hydrogens (primary N) is 1. The Morgan fingerprint density at radius 2 is 1.65 bits per heavy atom. The number of carbonyl (C=O) groups is 2. The van der Waals surface area contributed by atoms with E-state index in [0.717, 1.165) is 25.1 Å². The highest BCUT2D eigenvalue weighted by molar-refractivity contribution is 8.14. The lowest BCUT2D eigenvalue weighted by Crippen LogP contribution is -2.33. The second-order valence-corrected chi connectivity index (χ2v) is 6.54. The molecule has 0 aliphatic rings. The monoisotopic (exact) mass is 349 g/mol. The molecule has 23 heavy (non-hydrogen) atoms. The van der Waals surface area contributed by atoms with Gasteiger partial charge in [-0.1, -0.05) is 23.4 Å². The average Bonchev–Trinajstić information content (AvgIpc) is 2.55. The SMILES string of the molecule is NC(=O)c1cc[n+](CCCCSC(=O)c2ccc(Cl)cc2)cc1. The van der Waals surface area contributed by atoms with Crippen molar-refractivity contribution >= 4 is 34.4 Å². The maximum atomic E-state index is 12.0. The first-order valence-corrected chi connectivity index (χ1v) is 8.64. The molecule has 0 spiro atoms. The third-order valence-corrected chi connectivity index (χ3v) is 4.54. The lowest BCUT2D eigenvalue weighted by atomic mass is 10.2. The molecule has 6 heteroatoms. The topological polar surface area (TPSA) is 64.0 Å². The first-order valence-electron chi connectivity index (χ1n) is 7.28. The van der Waals surface area contributed by atoms with Crippen LogP contribution < -0.4 is 10.3 Å². The second kappa shape index (κ2) is 8.70. The van der Waals surface area contributed by atoms with Gasteiger partial charge in [-0.2, -0.15) is 0 Å². The molecule has 0 aliphatic carbocycles. The van der Waals surface area contributed by atoms with Crippen LogP contribution in [0.1, 0.15) is 33.6 Å². The van der Waals surface area contributed by atoms with E-state index in [-0.39, 0.29) is 5.12 Å². The first-order chi connectivity index (χ1) is 11.1. The number of unbranched alkanes of at least 4 members (excludes halogenated alkanes) is 1. The maximum Gasteiger partial charge on any atom is 0.249 e. The van der Waals surface area contributed by atoms with E-state index in [0.29, 0.717) is 16.1 Å². The number of benzene rings is 1. The van der Waals surface area contributed by atoms with Gasteiger partial charge in [0.25, 0.3) is 0 Å². The molecule has 0 bridgehead atoms. The van der Waals surface area contributed by atoms with Gasteiger partial charge in [0.1, 0.15) is 6.54 Å². The van der Waals surface area contributed by atoms with Crippen LogP contribution in [-0.2, 0) is 6.54 Å². The molecule has 2 rings (SSSR count). The summed E-state index contributed by atoms with van der Waals surface area (Å²) in [5.41, 5.74) is 6.38. The van der Waals surface area contributed by atoms with E-state index in [4.69, 9.17) is 17.3 Å². The van der Waals surface area contributed by atoms with E-state index < -0.39 is 5.91 Å². The molecule has 1 aromatic heterocycles. The fourth-order valence-corrected chi connectivity index (χ4v) is 2.96. The third kappa shape index (κ3) is 5.69. The predicted molar refractivity (Wildman–Crippen MR) is 92.6 cm³/mol. The van der Waals surface area contributed by atoms with Crippen molar-refractivity contribution in [1.29, 1.82) is 0 Å². The number of amides is 1. The van der Waals surface area contributed by atoms with Crippen molar-refractivity contribution in [3.05, 3.63) is 64.9 Å². The van der Waals surface area contributed by atoms with E-state index >= 15 is 0 Å². The van der Waals surface area contributed by atoms with Crippen LogP contribution in [0.4, 0.5) is 0 Å². The molecule has 0 radical (unpaired) electrons. The van der Waals surface area contributed by atoms with Gasteiger partial charge < -0.3 is 5.73 Å². The molecule has 0 fully saturated rings. The van der Waals surface area contributed by atoms with E-state index in [1.165, 1.54) is 11.8 Å². The molecule has 0 saturated heterocycles. The molecule has 1 heterocycles. The molecule has 120 valence electrons. The normalized spacial score (nSPS) is 10.5. The molecule has 2 N–H and O–H groups in total. The smallest absolute Gasteiger partial charge is 0.249 e.